The Morgan fingerprint density at radius 3 is 3.05 bits per heavy atom. The summed E-state index contributed by atoms with van der Waals surface area (Å²) >= 11 is 0. The lowest BCUT2D eigenvalue weighted by molar-refractivity contribution is -0.146. The number of fused-ring (bicyclic) bond motifs is 2. The molecule has 1 fully saturated rings. The van der Waals surface area contributed by atoms with Crippen molar-refractivity contribution in [2.24, 2.45) is 0 Å². The molecule has 2 aliphatic heterocycles. The summed E-state index contributed by atoms with van der Waals surface area (Å²) in [5.41, 5.74) is 1.91. The number of hydrogen-bond donors (Lipinski definition) is 0. The second-order valence-electron chi connectivity index (χ2n) is 4.89. The number of esters is 1. The quantitative estimate of drug-likeness (QED) is 0.768. The molecule has 1 aromatic carbocycles. The van der Waals surface area contributed by atoms with Crippen molar-refractivity contribution in [2.45, 2.75) is 24.8 Å². The molecule has 1 spiro atoms. The van der Waals surface area contributed by atoms with Gasteiger partial charge in [-0.3, -0.25) is 0 Å². The van der Waals surface area contributed by atoms with E-state index in [9.17, 15) is 9.18 Å². The number of ether oxygens (including phenoxy) is 3. The molecule has 19 heavy (non-hydrogen) atoms. The molecule has 1 aromatic rings. The monoisotopic (exact) mass is 266 g/mol. The van der Waals surface area contributed by atoms with Crippen molar-refractivity contribution < 1.29 is 23.4 Å². The molecule has 0 aliphatic carbocycles. The summed E-state index contributed by atoms with van der Waals surface area (Å²) in [5.74, 6) is -0.877. The predicted octanol–water partition coefficient (Wildman–Crippen LogP) is 2.02. The zero-order valence-corrected chi connectivity index (χ0v) is 10.6. The summed E-state index contributed by atoms with van der Waals surface area (Å²) in [6.45, 7) is 1.64. The van der Waals surface area contributed by atoms with E-state index in [1.165, 1.54) is 7.11 Å². The summed E-state index contributed by atoms with van der Waals surface area (Å²) < 4.78 is 29.5. The molecule has 4 nitrogen and oxygen atoms in total. The van der Waals surface area contributed by atoms with E-state index in [-0.39, 0.29) is 5.60 Å². The van der Waals surface area contributed by atoms with E-state index in [0.29, 0.717) is 25.4 Å². The van der Waals surface area contributed by atoms with Crippen LogP contribution in [0.25, 0.3) is 0 Å². The number of methoxy groups -OCH3 is 1. The summed E-state index contributed by atoms with van der Waals surface area (Å²) in [6.07, 6.45) is -0.929. The van der Waals surface area contributed by atoms with Crippen molar-refractivity contribution in [3.8, 4) is 0 Å². The van der Waals surface area contributed by atoms with E-state index in [4.69, 9.17) is 9.47 Å². The minimum Gasteiger partial charge on any atom is -0.467 e. The van der Waals surface area contributed by atoms with Crippen LogP contribution < -0.4 is 0 Å². The van der Waals surface area contributed by atoms with Crippen LogP contribution in [-0.2, 0) is 31.2 Å². The molecule has 1 saturated heterocycles. The Morgan fingerprint density at radius 1 is 1.53 bits per heavy atom. The van der Waals surface area contributed by atoms with Crippen molar-refractivity contribution in [1.29, 1.82) is 0 Å². The van der Waals surface area contributed by atoms with Gasteiger partial charge in [0.15, 0.2) is 0 Å². The Kier molecular flexibility index (Phi) is 3.03. The SMILES string of the molecule is COC(=O)C(F)c1ccc2c(c1)COC21CCOC1. The van der Waals surface area contributed by atoms with E-state index >= 15 is 0 Å². The minimum absolute atomic E-state index is 0.310. The van der Waals surface area contributed by atoms with E-state index < -0.39 is 12.1 Å². The largest absolute Gasteiger partial charge is 0.467 e. The van der Waals surface area contributed by atoms with Gasteiger partial charge in [0.25, 0.3) is 0 Å². The van der Waals surface area contributed by atoms with Gasteiger partial charge in [-0.15, -0.1) is 0 Å². The molecular weight excluding hydrogens is 251 g/mol. The van der Waals surface area contributed by atoms with Gasteiger partial charge in [-0.05, 0) is 22.8 Å². The molecule has 0 bridgehead atoms. The van der Waals surface area contributed by atoms with Gasteiger partial charge in [-0.1, -0.05) is 12.1 Å². The van der Waals surface area contributed by atoms with Crippen molar-refractivity contribution in [2.75, 3.05) is 20.3 Å². The fraction of sp³-hybridized carbons (Fsp3) is 0.500. The first-order valence-electron chi connectivity index (χ1n) is 6.23. The van der Waals surface area contributed by atoms with Gasteiger partial charge >= 0.3 is 5.97 Å². The Morgan fingerprint density at radius 2 is 2.37 bits per heavy atom. The normalized spacial score (nSPS) is 26.4. The molecule has 0 saturated carbocycles. The van der Waals surface area contributed by atoms with Gasteiger partial charge in [0.05, 0.1) is 20.3 Å². The second-order valence-corrected chi connectivity index (χ2v) is 4.89. The van der Waals surface area contributed by atoms with Crippen LogP contribution in [0.4, 0.5) is 4.39 Å². The van der Waals surface area contributed by atoms with Crippen molar-refractivity contribution >= 4 is 5.97 Å². The molecule has 102 valence electrons. The first-order chi connectivity index (χ1) is 9.16. The number of halogens is 1. The smallest absolute Gasteiger partial charge is 0.345 e. The lowest BCUT2D eigenvalue weighted by atomic mass is 9.90. The predicted molar refractivity (Wildman–Crippen MR) is 64.2 cm³/mol. The molecule has 5 heteroatoms. The van der Waals surface area contributed by atoms with Gasteiger partial charge < -0.3 is 14.2 Å². The fourth-order valence-corrected chi connectivity index (χ4v) is 2.74. The highest BCUT2D eigenvalue weighted by atomic mass is 19.1. The van der Waals surface area contributed by atoms with Gasteiger partial charge in [-0.25, -0.2) is 9.18 Å². The molecule has 2 heterocycles. The van der Waals surface area contributed by atoms with E-state index in [1.54, 1.807) is 12.1 Å². The zero-order chi connectivity index (χ0) is 13.5. The van der Waals surface area contributed by atoms with E-state index in [1.807, 2.05) is 6.07 Å². The highest BCUT2D eigenvalue weighted by molar-refractivity contribution is 5.76. The summed E-state index contributed by atoms with van der Waals surface area (Å²) in [6, 6.07) is 5.14. The maximum absolute atomic E-state index is 13.8. The Bertz CT molecular complexity index is 508. The first kappa shape index (κ1) is 12.6. The molecule has 2 atom stereocenters. The maximum Gasteiger partial charge on any atom is 0.345 e. The molecule has 0 N–H and O–H groups in total. The average molecular weight is 266 g/mol. The number of benzene rings is 1. The Balaban J connectivity index is 1.92. The fourth-order valence-electron chi connectivity index (χ4n) is 2.74. The van der Waals surface area contributed by atoms with Crippen LogP contribution in [0.5, 0.6) is 0 Å². The van der Waals surface area contributed by atoms with Crippen LogP contribution in [0.1, 0.15) is 29.3 Å². The number of alkyl halides is 1. The van der Waals surface area contributed by atoms with Crippen LogP contribution in [0.15, 0.2) is 18.2 Å². The Hall–Kier alpha value is -1.46. The molecule has 0 amide bonds. The van der Waals surface area contributed by atoms with Gasteiger partial charge in [0, 0.05) is 13.0 Å². The first-order valence-corrected chi connectivity index (χ1v) is 6.23. The molecule has 0 aromatic heterocycles. The second kappa shape index (κ2) is 4.58. The lowest BCUT2D eigenvalue weighted by Crippen LogP contribution is -2.25. The highest BCUT2D eigenvalue weighted by Gasteiger charge is 2.43. The number of hydrogen-bond acceptors (Lipinski definition) is 4. The summed E-state index contributed by atoms with van der Waals surface area (Å²) in [4.78, 5) is 11.2. The molecular formula is C14H15FO4. The van der Waals surface area contributed by atoms with Crippen LogP contribution in [0.3, 0.4) is 0 Å². The molecule has 3 rings (SSSR count). The van der Waals surface area contributed by atoms with Crippen molar-refractivity contribution in [1.82, 2.24) is 0 Å². The third kappa shape index (κ3) is 1.93. The number of carbonyl (C=O) groups is 1. The van der Waals surface area contributed by atoms with Gasteiger partial charge in [0.1, 0.15) is 5.60 Å². The minimum atomic E-state index is -1.74. The van der Waals surface area contributed by atoms with E-state index in [2.05, 4.69) is 4.74 Å². The standard InChI is InChI=1S/C14H15FO4/c1-17-13(16)12(15)9-2-3-11-10(6-9)7-19-14(11)4-5-18-8-14/h2-3,6,12H,4-5,7-8H2,1H3. The van der Waals surface area contributed by atoms with Crippen molar-refractivity contribution in [3.63, 3.8) is 0 Å². The summed E-state index contributed by atoms with van der Waals surface area (Å²) in [7, 11) is 1.18. The third-order valence-electron chi connectivity index (χ3n) is 3.81. The van der Waals surface area contributed by atoms with Gasteiger partial charge in [-0.2, -0.15) is 0 Å². The van der Waals surface area contributed by atoms with E-state index in [0.717, 1.165) is 17.5 Å². The molecule has 2 aliphatic rings. The van der Waals surface area contributed by atoms with Crippen LogP contribution in [0.2, 0.25) is 0 Å². The molecule has 0 radical (unpaired) electrons. The maximum atomic E-state index is 13.8. The van der Waals surface area contributed by atoms with Crippen LogP contribution in [0, 0.1) is 0 Å². The topological polar surface area (TPSA) is 44.8 Å². The highest BCUT2D eigenvalue weighted by Crippen LogP contribution is 2.43. The third-order valence-corrected chi connectivity index (χ3v) is 3.81. The lowest BCUT2D eigenvalue weighted by Gasteiger charge is -2.21. The van der Waals surface area contributed by atoms with Crippen LogP contribution >= 0.6 is 0 Å². The van der Waals surface area contributed by atoms with Crippen LogP contribution in [-0.4, -0.2) is 26.3 Å². The zero-order valence-electron chi connectivity index (χ0n) is 10.6. The van der Waals surface area contributed by atoms with Gasteiger partial charge in [0.2, 0.25) is 6.17 Å². The number of carbonyl (C=O) groups excluding carboxylic acids is 1. The Labute approximate surface area is 110 Å². The summed E-state index contributed by atoms with van der Waals surface area (Å²) in [5, 5.41) is 0. The van der Waals surface area contributed by atoms with Crippen molar-refractivity contribution in [3.05, 3.63) is 34.9 Å². The molecule has 2 unspecified atom stereocenters. The average Bonchev–Trinajstić information content (AvgIpc) is 3.06. The number of rotatable bonds is 2.